The third-order valence-electron chi connectivity index (χ3n) is 2.54. The predicted octanol–water partition coefficient (Wildman–Crippen LogP) is 3.74. The molecule has 0 saturated heterocycles. The molecule has 1 rings (SSSR count). The molecule has 0 radical (unpaired) electrons. The van der Waals surface area contributed by atoms with Crippen LogP contribution >= 0.6 is 0 Å². The van der Waals surface area contributed by atoms with Gasteiger partial charge in [0.05, 0.1) is 0 Å². The van der Waals surface area contributed by atoms with E-state index in [2.05, 4.69) is 23.9 Å². The molecule has 1 N–H and O–H groups in total. The number of benzene rings is 1. The Labute approximate surface area is 101 Å². The highest BCUT2D eigenvalue weighted by molar-refractivity contribution is 5.29. The van der Waals surface area contributed by atoms with Crippen LogP contribution < -0.4 is 10.1 Å². The number of rotatable bonds is 7. The summed E-state index contributed by atoms with van der Waals surface area (Å²) in [4.78, 5) is 0. The smallest absolute Gasteiger partial charge is 0.387 e. The lowest BCUT2D eigenvalue weighted by atomic mass is 10.0. The zero-order valence-corrected chi connectivity index (χ0v) is 10.2. The standard InChI is InChI=1S/C13H19F2NO/c1-3-5-12(16-4-2)10-6-8-11(9-7-10)17-13(14)15/h6-9,12-13,16H,3-5H2,1-2H3. The Morgan fingerprint density at radius 2 is 1.82 bits per heavy atom. The van der Waals surface area contributed by atoms with Gasteiger partial charge in [0, 0.05) is 6.04 Å². The summed E-state index contributed by atoms with van der Waals surface area (Å²) in [5, 5.41) is 3.37. The summed E-state index contributed by atoms with van der Waals surface area (Å²) < 4.78 is 28.3. The van der Waals surface area contributed by atoms with Crippen LogP contribution in [0, 0.1) is 0 Å². The van der Waals surface area contributed by atoms with Crippen LogP contribution in [0.5, 0.6) is 5.75 Å². The Morgan fingerprint density at radius 3 is 2.29 bits per heavy atom. The van der Waals surface area contributed by atoms with Crippen LogP contribution in [0.25, 0.3) is 0 Å². The van der Waals surface area contributed by atoms with Crippen LogP contribution in [0.15, 0.2) is 24.3 Å². The van der Waals surface area contributed by atoms with Crippen molar-refractivity contribution in [1.29, 1.82) is 0 Å². The van der Waals surface area contributed by atoms with E-state index < -0.39 is 6.61 Å². The summed E-state index contributed by atoms with van der Waals surface area (Å²) in [5.41, 5.74) is 1.11. The first-order chi connectivity index (χ1) is 8.17. The van der Waals surface area contributed by atoms with Gasteiger partial charge in [-0.3, -0.25) is 0 Å². The van der Waals surface area contributed by atoms with E-state index in [1.807, 2.05) is 12.1 Å². The number of alkyl halides is 2. The zero-order chi connectivity index (χ0) is 12.7. The van der Waals surface area contributed by atoms with E-state index in [1.54, 1.807) is 12.1 Å². The van der Waals surface area contributed by atoms with Gasteiger partial charge in [0.25, 0.3) is 0 Å². The highest BCUT2D eigenvalue weighted by Crippen LogP contribution is 2.22. The minimum Gasteiger partial charge on any atom is -0.435 e. The molecule has 1 unspecified atom stereocenters. The van der Waals surface area contributed by atoms with E-state index in [1.165, 1.54) is 0 Å². The molecule has 0 aromatic heterocycles. The summed E-state index contributed by atoms with van der Waals surface area (Å²) in [5.74, 6) is 0.204. The maximum Gasteiger partial charge on any atom is 0.387 e. The summed E-state index contributed by atoms with van der Waals surface area (Å²) in [7, 11) is 0. The van der Waals surface area contributed by atoms with Crippen LogP contribution in [-0.4, -0.2) is 13.2 Å². The highest BCUT2D eigenvalue weighted by Gasteiger charge is 2.10. The van der Waals surface area contributed by atoms with E-state index >= 15 is 0 Å². The topological polar surface area (TPSA) is 21.3 Å². The van der Waals surface area contributed by atoms with Crippen LogP contribution in [0.1, 0.15) is 38.3 Å². The monoisotopic (exact) mass is 243 g/mol. The Hall–Kier alpha value is -1.16. The van der Waals surface area contributed by atoms with Crippen molar-refractivity contribution in [3.05, 3.63) is 29.8 Å². The molecular weight excluding hydrogens is 224 g/mol. The quantitative estimate of drug-likeness (QED) is 0.787. The average molecular weight is 243 g/mol. The Balaban J connectivity index is 2.69. The molecule has 0 saturated carbocycles. The SMILES string of the molecule is CCCC(NCC)c1ccc(OC(F)F)cc1. The molecule has 2 nitrogen and oxygen atoms in total. The minimum atomic E-state index is -2.76. The summed E-state index contributed by atoms with van der Waals surface area (Å²) >= 11 is 0. The molecule has 0 aliphatic carbocycles. The van der Waals surface area contributed by atoms with Gasteiger partial charge in [0.15, 0.2) is 0 Å². The molecule has 96 valence electrons. The van der Waals surface area contributed by atoms with E-state index in [-0.39, 0.29) is 11.8 Å². The second kappa shape index (κ2) is 7.22. The Morgan fingerprint density at radius 1 is 1.18 bits per heavy atom. The van der Waals surface area contributed by atoms with Gasteiger partial charge in [0.2, 0.25) is 0 Å². The molecule has 0 aliphatic heterocycles. The number of halogens is 2. The third-order valence-corrected chi connectivity index (χ3v) is 2.54. The van der Waals surface area contributed by atoms with Crippen LogP contribution in [0.3, 0.4) is 0 Å². The number of ether oxygens (including phenoxy) is 1. The fraction of sp³-hybridized carbons (Fsp3) is 0.538. The number of hydrogen-bond acceptors (Lipinski definition) is 2. The van der Waals surface area contributed by atoms with Crippen molar-refractivity contribution < 1.29 is 13.5 Å². The van der Waals surface area contributed by atoms with Crippen molar-refractivity contribution in [1.82, 2.24) is 5.32 Å². The van der Waals surface area contributed by atoms with E-state index in [0.29, 0.717) is 0 Å². The first-order valence-electron chi connectivity index (χ1n) is 5.95. The van der Waals surface area contributed by atoms with Gasteiger partial charge in [-0.15, -0.1) is 0 Å². The van der Waals surface area contributed by atoms with E-state index in [4.69, 9.17) is 0 Å². The first kappa shape index (κ1) is 13.9. The van der Waals surface area contributed by atoms with E-state index in [9.17, 15) is 8.78 Å². The molecule has 17 heavy (non-hydrogen) atoms. The second-order valence-electron chi connectivity index (χ2n) is 3.85. The number of nitrogens with one attached hydrogen (secondary N) is 1. The summed E-state index contributed by atoms with van der Waals surface area (Å²) in [6.45, 7) is 2.30. The van der Waals surface area contributed by atoms with Crippen molar-refractivity contribution in [2.45, 2.75) is 39.3 Å². The first-order valence-corrected chi connectivity index (χ1v) is 5.95. The largest absolute Gasteiger partial charge is 0.435 e. The van der Waals surface area contributed by atoms with Crippen molar-refractivity contribution >= 4 is 0 Å². The molecule has 4 heteroatoms. The van der Waals surface area contributed by atoms with Gasteiger partial charge in [-0.05, 0) is 30.7 Å². The van der Waals surface area contributed by atoms with Gasteiger partial charge in [-0.25, -0.2) is 0 Å². The van der Waals surface area contributed by atoms with Gasteiger partial charge in [-0.2, -0.15) is 8.78 Å². The lowest BCUT2D eigenvalue weighted by Gasteiger charge is -2.17. The second-order valence-corrected chi connectivity index (χ2v) is 3.85. The minimum absolute atomic E-state index is 0.204. The van der Waals surface area contributed by atoms with Gasteiger partial charge in [-0.1, -0.05) is 32.4 Å². The Kier molecular flexibility index (Phi) is 5.91. The van der Waals surface area contributed by atoms with Gasteiger partial charge >= 0.3 is 6.61 Å². The Bertz CT molecular complexity index is 308. The molecule has 1 atom stereocenters. The van der Waals surface area contributed by atoms with Crippen LogP contribution in [0.2, 0.25) is 0 Å². The maximum absolute atomic E-state index is 12.0. The molecule has 1 aromatic rings. The van der Waals surface area contributed by atoms with Crippen molar-refractivity contribution in [2.75, 3.05) is 6.54 Å². The third kappa shape index (κ3) is 4.69. The van der Waals surface area contributed by atoms with Crippen molar-refractivity contribution in [2.24, 2.45) is 0 Å². The zero-order valence-electron chi connectivity index (χ0n) is 10.2. The summed E-state index contributed by atoms with van der Waals surface area (Å²) in [6.07, 6.45) is 2.11. The van der Waals surface area contributed by atoms with E-state index in [0.717, 1.165) is 24.9 Å². The van der Waals surface area contributed by atoms with Crippen molar-refractivity contribution in [3.8, 4) is 5.75 Å². The highest BCUT2D eigenvalue weighted by atomic mass is 19.3. The molecule has 0 spiro atoms. The van der Waals surface area contributed by atoms with Gasteiger partial charge in [0.1, 0.15) is 5.75 Å². The normalized spacial score (nSPS) is 12.8. The van der Waals surface area contributed by atoms with Gasteiger partial charge < -0.3 is 10.1 Å². The fourth-order valence-electron chi connectivity index (χ4n) is 1.80. The molecule has 0 fully saturated rings. The van der Waals surface area contributed by atoms with Crippen molar-refractivity contribution in [3.63, 3.8) is 0 Å². The lowest BCUT2D eigenvalue weighted by Crippen LogP contribution is -2.20. The lowest BCUT2D eigenvalue weighted by molar-refractivity contribution is -0.0498. The number of hydrogen-bond donors (Lipinski definition) is 1. The average Bonchev–Trinajstić information content (AvgIpc) is 2.29. The molecule has 0 aliphatic rings. The van der Waals surface area contributed by atoms with Crippen LogP contribution in [0.4, 0.5) is 8.78 Å². The fourth-order valence-corrected chi connectivity index (χ4v) is 1.80. The predicted molar refractivity (Wildman–Crippen MR) is 64.4 cm³/mol. The molecular formula is C13H19F2NO. The van der Waals surface area contributed by atoms with Crippen LogP contribution in [-0.2, 0) is 0 Å². The molecule has 0 heterocycles. The molecule has 0 bridgehead atoms. The maximum atomic E-state index is 12.0. The molecule has 0 amide bonds. The molecule has 1 aromatic carbocycles. The summed E-state index contributed by atoms with van der Waals surface area (Å²) in [6, 6.07) is 7.12.